The van der Waals surface area contributed by atoms with Crippen LogP contribution < -0.4 is 21.3 Å². The summed E-state index contributed by atoms with van der Waals surface area (Å²) >= 11 is 11.6. The zero-order chi connectivity index (χ0) is 19.9. The van der Waals surface area contributed by atoms with Crippen LogP contribution in [0.15, 0.2) is 12.1 Å². The molecule has 152 valence electrons. The van der Waals surface area contributed by atoms with Crippen molar-refractivity contribution in [1.82, 2.24) is 19.9 Å². The summed E-state index contributed by atoms with van der Waals surface area (Å²) in [6.07, 6.45) is 7.43. The molecule has 0 aromatic carbocycles. The summed E-state index contributed by atoms with van der Waals surface area (Å²) in [4.78, 5) is 20.4. The predicted molar refractivity (Wildman–Crippen MR) is 115 cm³/mol. The maximum Gasteiger partial charge on any atom is 0.223 e. The predicted octanol–water partition coefficient (Wildman–Crippen LogP) is 3.41. The lowest BCUT2D eigenvalue weighted by Gasteiger charge is -2.27. The van der Waals surface area contributed by atoms with Gasteiger partial charge in [-0.2, -0.15) is 9.97 Å². The maximum atomic E-state index is 5.81. The van der Waals surface area contributed by atoms with Gasteiger partial charge in [0.15, 0.2) is 0 Å². The van der Waals surface area contributed by atoms with Gasteiger partial charge in [-0.05, 0) is 38.5 Å². The summed E-state index contributed by atoms with van der Waals surface area (Å²) in [5.74, 6) is 2.19. The molecule has 2 saturated heterocycles. The number of nitrogen functional groups attached to an aromatic ring is 2. The second-order valence-corrected chi connectivity index (χ2v) is 7.68. The molecule has 2 aliphatic heterocycles. The number of halogens is 2. The first-order valence-corrected chi connectivity index (χ1v) is 10.4. The Kier molecular flexibility index (Phi) is 7.33. The molecule has 0 spiro atoms. The largest absolute Gasteiger partial charge is 0.368 e. The Hall–Kier alpha value is -2.06. The molecule has 0 bridgehead atoms. The van der Waals surface area contributed by atoms with Crippen molar-refractivity contribution in [3.63, 3.8) is 0 Å². The first-order chi connectivity index (χ1) is 13.5. The molecule has 4 heterocycles. The minimum atomic E-state index is 0.248. The zero-order valence-corrected chi connectivity index (χ0v) is 17.3. The lowest BCUT2D eigenvalue weighted by Crippen LogP contribution is -2.30. The molecule has 2 fully saturated rings. The molecule has 0 unspecified atom stereocenters. The van der Waals surface area contributed by atoms with E-state index in [1.165, 1.54) is 38.5 Å². The van der Waals surface area contributed by atoms with Crippen LogP contribution in [-0.4, -0.2) is 46.1 Å². The lowest BCUT2D eigenvalue weighted by atomic mass is 10.1. The maximum absolute atomic E-state index is 5.81. The third-order valence-corrected chi connectivity index (χ3v) is 5.14. The molecule has 2 aliphatic rings. The van der Waals surface area contributed by atoms with E-state index in [1.807, 2.05) is 0 Å². The van der Waals surface area contributed by atoms with Gasteiger partial charge < -0.3 is 21.3 Å². The highest BCUT2D eigenvalue weighted by molar-refractivity contribution is 6.30. The average Bonchev–Trinajstić information content (AvgIpc) is 2.68. The second-order valence-electron chi connectivity index (χ2n) is 6.91. The normalized spacial score (nSPS) is 17.1. The first-order valence-electron chi connectivity index (χ1n) is 9.61. The Balaban J connectivity index is 0.000000161. The Labute approximate surface area is 175 Å². The number of nitrogens with zero attached hydrogens (tertiary/aromatic N) is 6. The van der Waals surface area contributed by atoms with E-state index in [4.69, 9.17) is 34.7 Å². The van der Waals surface area contributed by atoms with Gasteiger partial charge in [-0.25, -0.2) is 9.97 Å². The third-order valence-electron chi connectivity index (χ3n) is 4.76. The monoisotopic (exact) mass is 424 g/mol. The van der Waals surface area contributed by atoms with Crippen LogP contribution in [0.3, 0.4) is 0 Å². The average molecular weight is 425 g/mol. The molecule has 8 nitrogen and oxygen atoms in total. The van der Waals surface area contributed by atoms with E-state index in [1.54, 1.807) is 12.1 Å². The van der Waals surface area contributed by atoms with E-state index < -0.39 is 0 Å². The Morgan fingerprint density at radius 3 is 1.29 bits per heavy atom. The van der Waals surface area contributed by atoms with Crippen LogP contribution in [0.5, 0.6) is 0 Å². The standard InChI is InChI=1S/2C9H13ClN4/c2*10-7-6-8(13-9(11)12-7)14-4-2-1-3-5-14/h2*6H,1-5H2,(H2,11,12,13). The van der Waals surface area contributed by atoms with Crippen LogP contribution in [0, 0.1) is 0 Å². The SMILES string of the molecule is Nc1nc(Cl)cc(N2CCCCC2)n1.Nc1nc(Cl)cc(N2CCCCC2)n1. The second kappa shape index (κ2) is 9.93. The van der Waals surface area contributed by atoms with Crippen molar-refractivity contribution in [2.24, 2.45) is 0 Å². The van der Waals surface area contributed by atoms with Gasteiger partial charge in [0.1, 0.15) is 21.9 Å². The highest BCUT2D eigenvalue weighted by atomic mass is 35.5. The van der Waals surface area contributed by atoms with E-state index in [-0.39, 0.29) is 11.9 Å². The summed E-state index contributed by atoms with van der Waals surface area (Å²) in [7, 11) is 0. The van der Waals surface area contributed by atoms with Crippen molar-refractivity contribution in [1.29, 1.82) is 0 Å². The number of piperidine rings is 2. The number of hydrogen-bond donors (Lipinski definition) is 2. The molecule has 2 aromatic heterocycles. The summed E-state index contributed by atoms with van der Waals surface area (Å²) < 4.78 is 0. The molecule has 0 saturated carbocycles. The zero-order valence-electron chi connectivity index (χ0n) is 15.8. The summed E-state index contributed by atoms with van der Waals surface area (Å²) in [5.41, 5.74) is 11.1. The minimum Gasteiger partial charge on any atom is -0.368 e. The van der Waals surface area contributed by atoms with Gasteiger partial charge >= 0.3 is 0 Å². The van der Waals surface area contributed by atoms with Crippen LogP contribution >= 0.6 is 23.2 Å². The van der Waals surface area contributed by atoms with Crippen LogP contribution in [-0.2, 0) is 0 Å². The van der Waals surface area contributed by atoms with Crippen molar-refractivity contribution in [2.75, 3.05) is 47.4 Å². The minimum absolute atomic E-state index is 0.248. The topological polar surface area (TPSA) is 110 Å². The van der Waals surface area contributed by atoms with E-state index in [2.05, 4.69) is 29.7 Å². The number of hydrogen-bond acceptors (Lipinski definition) is 8. The van der Waals surface area contributed by atoms with E-state index in [0.717, 1.165) is 37.8 Å². The number of aromatic nitrogens is 4. The van der Waals surface area contributed by atoms with Gasteiger partial charge in [-0.1, -0.05) is 23.2 Å². The van der Waals surface area contributed by atoms with Crippen LogP contribution in [0.25, 0.3) is 0 Å². The van der Waals surface area contributed by atoms with Crippen molar-refractivity contribution in [2.45, 2.75) is 38.5 Å². The molecule has 4 rings (SSSR count). The fourth-order valence-corrected chi connectivity index (χ4v) is 3.78. The van der Waals surface area contributed by atoms with Crippen molar-refractivity contribution in [3.05, 3.63) is 22.4 Å². The third kappa shape index (κ3) is 5.97. The summed E-state index contributed by atoms with van der Waals surface area (Å²) in [5, 5.41) is 0.830. The van der Waals surface area contributed by atoms with E-state index >= 15 is 0 Å². The van der Waals surface area contributed by atoms with Crippen molar-refractivity contribution < 1.29 is 0 Å². The summed E-state index contributed by atoms with van der Waals surface area (Å²) in [6, 6.07) is 3.53. The van der Waals surface area contributed by atoms with Gasteiger partial charge in [0.2, 0.25) is 11.9 Å². The summed E-state index contributed by atoms with van der Waals surface area (Å²) in [6.45, 7) is 4.14. The molecule has 4 N–H and O–H groups in total. The molecule has 0 aliphatic carbocycles. The van der Waals surface area contributed by atoms with Crippen molar-refractivity contribution in [3.8, 4) is 0 Å². The molecule has 10 heteroatoms. The van der Waals surface area contributed by atoms with Gasteiger partial charge in [-0.15, -0.1) is 0 Å². The van der Waals surface area contributed by atoms with Crippen molar-refractivity contribution >= 4 is 46.7 Å². The van der Waals surface area contributed by atoms with Crippen LogP contribution in [0.4, 0.5) is 23.5 Å². The van der Waals surface area contributed by atoms with Gasteiger partial charge in [0.05, 0.1) is 0 Å². The van der Waals surface area contributed by atoms with Gasteiger partial charge in [0.25, 0.3) is 0 Å². The highest BCUT2D eigenvalue weighted by Crippen LogP contribution is 2.21. The van der Waals surface area contributed by atoms with Crippen LogP contribution in [0.1, 0.15) is 38.5 Å². The fourth-order valence-electron chi connectivity index (χ4n) is 3.42. The van der Waals surface area contributed by atoms with Gasteiger partial charge in [-0.3, -0.25) is 0 Å². The molecule has 0 radical (unpaired) electrons. The quantitative estimate of drug-likeness (QED) is 0.705. The Morgan fingerprint density at radius 2 is 0.964 bits per heavy atom. The Morgan fingerprint density at radius 1 is 0.607 bits per heavy atom. The number of rotatable bonds is 2. The molecule has 2 aromatic rings. The Bertz CT molecular complexity index is 670. The molecular formula is C18H26Cl2N8. The van der Waals surface area contributed by atoms with Gasteiger partial charge in [0, 0.05) is 38.3 Å². The van der Waals surface area contributed by atoms with Crippen LogP contribution in [0.2, 0.25) is 10.3 Å². The molecule has 0 atom stereocenters. The fraction of sp³-hybridized carbons (Fsp3) is 0.556. The number of nitrogens with two attached hydrogens (primary N) is 2. The van der Waals surface area contributed by atoms with E-state index in [9.17, 15) is 0 Å². The molecule has 28 heavy (non-hydrogen) atoms. The molecular weight excluding hydrogens is 399 g/mol. The smallest absolute Gasteiger partial charge is 0.223 e. The lowest BCUT2D eigenvalue weighted by molar-refractivity contribution is 0.573. The molecule has 0 amide bonds. The first kappa shape index (κ1) is 20.7. The number of anilines is 4. The van der Waals surface area contributed by atoms with E-state index in [0.29, 0.717) is 10.3 Å². The highest BCUT2D eigenvalue weighted by Gasteiger charge is 2.14.